The highest BCUT2D eigenvalue weighted by Gasteiger charge is 2.26. The van der Waals surface area contributed by atoms with Crippen LogP contribution in [0.25, 0.3) is 0 Å². The van der Waals surface area contributed by atoms with E-state index in [0.29, 0.717) is 0 Å². The van der Waals surface area contributed by atoms with Crippen molar-refractivity contribution >= 4 is 17.2 Å². The van der Waals surface area contributed by atoms with Crippen LogP contribution in [0.1, 0.15) is 23.5 Å². The van der Waals surface area contributed by atoms with Gasteiger partial charge in [0.15, 0.2) is 0 Å². The summed E-state index contributed by atoms with van der Waals surface area (Å²) in [6, 6.07) is 0.0155. The summed E-state index contributed by atoms with van der Waals surface area (Å²) < 4.78 is 0. The minimum atomic E-state index is 0.0155. The van der Waals surface area contributed by atoms with Crippen molar-refractivity contribution in [3.05, 3.63) is 16.1 Å². The first kappa shape index (κ1) is 12.5. The molecule has 1 unspecified atom stereocenters. The summed E-state index contributed by atoms with van der Waals surface area (Å²) in [5.41, 5.74) is 1.07. The number of aryl methyl sites for hydroxylation is 1. The van der Waals surface area contributed by atoms with E-state index >= 15 is 0 Å². The number of likely N-dealkylation sites (N-methyl/N-ethyl adjacent to an activating group) is 1. The Balaban J connectivity index is 1.88. The predicted octanol–water partition coefficient (Wildman–Crippen LogP) is 1.20. The van der Waals surface area contributed by atoms with Crippen LogP contribution in [0, 0.1) is 6.92 Å². The molecule has 1 atom stereocenters. The number of thiazole rings is 1. The van der Waals surface area contributed by atoms with Crippen LogP contribution in [0.3, 0.4) is 0 Å². The Morgan fingerprint density at radius 3 is 3.12 bits per heavy atom. The van der Waals surface area contributed by atoms with Gasteiger partial charge in [0.25, 0.3) is 0 Å². The maximum absolute atomic E-state index is 12.0. The molecule has 0 spiro atoms. The third-order valence-electron chi connectivity index (χ3n) is 3.14. The number of rotatable bonds is 4. The summed E-state index contributed by atoms with van der Waals surface area (Å²) >= 11 is 1.68. The molecule has 94 valence electrons. The molecular weight excluding hydrogens is 234 g/mol. The smallest absolute Gasteiger partial charge is 0.239 e. The van der Waals surface area contributed by atoms with Crippen LogP contribution in [-0.2, 0) is 11.2 Å². The van der Waals surface area contributed by atoms with Crippen LogP contribution in [0.15, 0.2) is 5.38 Å². The van der Waals surface area contributed by atoms with Gasteiger partial charge in [-0.1, -0.05) is 0 Å². The quantitative estimate of drug-likeness (QED) is 0.877. The second-order valence-corrected chi connectivity index (χ2v) is 5.38. The lowest BCUT2D eigenvalue weighted by atomic mass is 10.0. The molecule has 0 saturated carbocycles. The Labute approximate surface area is 106 Å². The fourth-order valence-electron chi connectivity index (χ4n) is 2.18. The molecule has 2 rings (SSSR count). The molecule has 1 aliphatic rings. The second kappa shape index (κ2) is 5.60. The SMILES string of the molecule is CNC1CCCN(CCc2nc(C)cs2)C1=O. The van der Waals surface area contributed by atoms with E-state index in [1.165, 1.54) is 0 Å². The maximum atomic E-state index is 12.0. The first-order chi connectivity index (χ1) is 8.20. The Morgan fingerprint density at radius 1 is 1.65 bits per heavy atom. The van der Waals surface area contributed by atoms with Gasteiger partial charge >= 0.3 is 0 Å². The molecule has 2 heterocycles. The molecule has 1 amide bonds. The minimum Gasteiger partial charge on any atom is -0.341 e. The highest BCUT2D eigenvalue weighted by molar-refractivity contribution is 7.09. The van der Waals surface area contributed by atoms with Gasteiger partial charge in [0.05, 0.1) is 11.0 Å². The molecule has 1 saturated heterocycles. The van der Waals surface area contributed by atoms with Gasteiger partial charge in [0, 0.05) is 30.6 Å². The zero-order valence-electron chi connectivity index (χ0n) is 10.4. The van der Waals surface area contributed by atoms with E-state index < -0.39 is 0 Å². The summed E-state index contributed by atoms with van der Waals surface area (Å²) in [5.74, 6) is 0.243. The van der Waals surface area contributed by atoms with Crippen LogP contribution >= 0.6 is 11.3 Å². The van der Waals surface area contributed by atoms with E-state index in [-0.39, 0.29) is 11.9 Å². The molecular formula is C12H19N3OS. The number of nitrogens with zero attached hydrogens (tertiary/aromatic N) is 2. The van der Waals surface area contributed by atoms with Crippen molar-refractivity contribution in [2.75, 3.05) is 20.1 Å². The molecule has 5 heteroatoms. The number of likely N-dealkylation sites (tertiary alicyclic amines) is 1. The van der Waals surface area contributed by atoms with Crippen LogP contribution in [0.2, 0.25) is 0 Å². The van der Waals surface area contributed by atoms with Crippen molar-refractivity contribution in [3.8, 4) is 0 Å². The zero-order chi connectivity index (χ0) is 12.3. The summed E-state index contributed by atoms with van der Waals surface area (Å²) in [6.07, 6.45) is 2.93. The molecule has 1 N–H and O–H groups in total. The minimum absolute atomic E-state index is 0.0155. The number of nitrogens with one attached hydrogen (secondary N) is 1. The fourth-order valence-corrected chi connectivity index (χ4v) is 2.94. The van der Waals surface area contributed by atoms with Gasteiger partial charge in [0.1, 0.15) is 0 Å². The Morgan fingerprint density at radius 2 is 2.47 bits per heavy atom. The molecule has 1 fully saturated rings. The fraction of sp³-hybridized carbons (Fsp3) is 0.667. The maximum Gasteiger partial charge on any atom is 0.239 e. The van der Waals surface area contributed by atoms with E-state index in [9.17, 15) is 4.79 Å². The number of hydrogen-bond donors (Lipinski definition) is 1. The van der Waals surface area contributed by atoms with E-state index in [1.807, 2.05) is 18.9 Å². The first-order valence-electron chi connectivity index (χ1n) is 6.08. The monoisotopic (exact) mass is 253 g/mol. The van der Waals surface area contributed by atoms with Crippen molar-refractivity contribution in [2.24, 2.45) is 0 Å². The van der Waals surface area contributed by atoms with E-state index in [4.69, 9.17) is 0 Å². The molecule has 0 aromatic carbocycles. The average Bonchev–Trinajstić information content (AvgIpc) is 2.74. The third kappa shape index (κ3) is 3.04. The highest BCUT2D eigenvalue weighted by atomic mass is 32.1. The van der Waals surface area contributed by atoms with Crippen LogP contribution in [0.5, 0.6) is 0 Å². The second-order valence-electron chi connectivity index (χ2n) is 4.44. The van der Waals surface area contributed by atoms with E-state index in [1.54, 1.807) is 11.3 Å². The normalized spacial score (nSPS) is 20.9. The number of carbonyl (C=O) groups is 1. The predicted molar refractivity (Wildman–Crippen MR) is 69.2 cm³/mol. The van der Waals surface area contributed by atoms with Crippen LogP contribution < -0.4 is 5.32 Å². The molecule has 1 aromatic rings. The van der Waals surface area contributed by atoms with Crippen molar-refractivity contribution in [1.29, 1.82) is 0 Å². The summed E-state index contributed by atoms with van der Waals surface area (Å²) in [5, 5.41) is 6.27. The standard InChI is InChI=1S/C12H19N3OS/c1-9-8-17-11(14-9)5-7-15-6-3-4-10(13-2)12(15)16/h8,10,13H,3-7H2,1-2H3. The van der Waals surface area contributed by atoms with E-state index in [0.717, 1.165) is 43.1 Å². The molecule has 0 bridgehead atoms. The van der Waals surface area contributed by atoms with E-state index in [2.05, 4.69) is 15.7 Å². The van der Waals surface area contributed by atoms with Crippen LogP contribution in [-0.4, -0.2) is 42.0 Å². The van der Waals surface area contributed by atoms with Crippen molar-refractivity contribution in [1.82, 2.24) is 15.2 Å². The van der Waals surface area contributed by atoms with Gasteiger partial charge in [-0.25, -0.2) is 4.98 Å². The number of hydrogen-bond acceptors (Lipinski definition) is 4. The molecule has 4 nitrogen and oxygen atoms in total. The summed E-state index contributed by atoms with van der Waals surface area (Å²) in [7, 11) is 1.86. The van der Waals surface area contributed by atoms with Crippen molar-refractivity contribution in [2.45, 2.75) is 32.2 Å². The van der Waals surface area contributed by atoms with Gasteiger partial charge in [-0.15, -0.1) is 11.3 Å². The topological polar surface area (TPSA) is 45.2 Å². The number of amides is 1. The molecule has 0 radical (unpaired) electrons. The lowest BCUT2D eigenvalue weighted by Gasteiger charge is -2.31. The van der Waals surface area contributed by atoms with Crippen molar-refractivity contribution in [3.63, 3.8) is 0 Å². The van der Waals surface area contributed by atoms with Gasteiger partial charge in [-0.2, -0.15) is 0 Å². The molecule has 0 aliphatic carbocycles. The number of piperidine rings is 1. The van der Waals surface area contributed by atoms with Crippen molar-refractivity contribution < 1.29 is 4.79 Å². The summed E-state index contributed by atoms with van der Waals surface area (Å²) in [4.78, 5) is 18.4. The Bertz CT molecular complexity index is 391. The number of carbonyl (C=O) groups excluding carboxylic acids is 1. The van der Waals surface area contributed by atoms with Crippen LogP contribution in [0.4, 0.5) is 0 Å². The average molecular weight is 253 g/mol. The molecule has 1 aromatic heterocycles. The largest absolute Gasteiger partial charge is 0.341 e. The lowest BCUT2D eigenvalue weighted by molar-refractivity contribution is -0.135. The molecule has 1 aliphatic heterocycles. The first-order valence-corrected chi connectivity index (χ1v) is 6.95. The van der Waals surface area contributed by atoms with Gasteiger partial charge in [0.2, 0.25) is 5.91 Å². The zero-order valence-corrected chi connectivity index (χ0v) is 11.2. The lowest BCUT2D eigenvalue weighted by Crippen LogP contribution is -2.50. The Kier molecular flexibility index (Phi) is 4.12. The number of aromatic nitrogens is 1. The van der Waals surface area contributed by atoms with Gasteiger partial charge in [-0.3, -0.25) is 4.79 Å². The highest BCUT2D eigenvalue weighted by Crippen LogP contribution is 2.14. The summed E-state index contributed by atoms with van der Waals surface area (Å²) in [6.45, 7) is 3.69. The third-order valence-corrected chi connectivity index (χ3v) is 4.17. The Hall–Kier alpha value is -0.940. The van der Waals surface area contributed by atoms with Gasteiger partial charge in [-0.05, 0) is 26.8 Å². The van der Waals surface area contributed by atoms with Gasteiger partial charge < -0.3 is 10.2 Å². The molecule has 17 heavy (non-hydrogen) atoms.